The van der Waals surface area contributed by atoms with Gasteiger partial charge in [-0.25, -0.2) is 5.43 Å². The number of tetrazole rings is 1. The maximum Gasteiger partial charge on any atom is 0.263 e. The number of rotatable bonds is 10. The normalized spacial score (nSPS) is 11.1. The molecule has 3 rings (SSSR count). The summed E-state index contributed by atoms with van der Waals surface area (Å²) < 4.78 is 11.2. The number of nitrogens with zero attached hydrogens (tertiary/aromatic N) is 5. The van der Waals surface area contributed by atoms with E-state index in [9.17, 15) is 4.79 Å². The zero-order valence-electron chi connectivity index (χ0n) is 17.9. The zero-order chi connectivity index (χ0) is 22.1. The molecule has 162 valence electrons. The van der Waals surface area contributed by atoms with Gasteiger partial charge in [0.25, 0.3) is 5.91 Å². The number of benzene rings is 2. The van der Waals surface area contributed by atoms with E-state index in [0.717, 1.165) is 17.5 Å². The Morgan fingerprint density at radius 1 is 1.19 bits per heavy atom. The molecule has 1 heterocycles. The summed E-state index contributed by atoms with van der Waals surface area (Å²) in [6.07, 6.45) is 2.49. The molecule has 9 nitrogen and oxygen atoms in total. The molecule has 0 fully saturated rings. The van der Waals surface area contributed by atoms with E-state index in [1.54, 1.807) is 13.2 Å². The predicted octanol–water partition coefficient (Wildman–Crippen LogP) is 2.92. The largest absolute Gasteiger partial charge is 0.493 e. The number of hydrogen-bond donors (Lipinski definition) is 1. The molecule has 3 aromatic rings. The van der Waals surface area contributed by atoms with Crippen molar-refractivity contribution in [2.45, 2.75) is 26.8 Å². The molecule has 1 N–H and O–H groups in total. The van der Waals surface area contributed by atoms with E-state index < -0.39 is 0 Å². The van der Waals surface area contributed by atoms with Gasteiger partial charge in [-0.3, -0.25) is 4.79 Å². The molecule has 9 heteroatoms. The molecular formula is C22H26N6O3. The fourth-order valence-electron chi connectivity index (χ4n) is 2.64. The van der Waals surface area contributed by atoms with Gasteiger partial charge in [0.15, 0.2) is 11.5 Å². The summed E-state index contributed by atoms with van der Waals surface area (Å²) in [5.74, 6) is 1.95. The van der Waals surface area contributed by atoms with Crippen LogP contribution in [0.25, 0.3) is 11.4 Å². The van der Waals surface area contributed by atoms with Crippen molar-refractivity contribution >= 4 is 12.1 Å². The summed E-state index contributed by atoms with van der Waals surface area (Å²) in [7, 11) is 1.59. The van der Waals surface area contributed by atoms with Gasteiger partial charge < -0.3 is 9.47 Å². The summed E-state index contributed by atoms with van der Waals surface area (Å²) in [6, 6.07) is 14.9. The predicted molar refractivity (Wildman–Crippen MR) is 117 cm³/mol. The minimum absolute atomic E-state index is 0.0941. The van der Waals surface area contributed by atoms with E-state index in [-0.39, 0.29) is 12.5 Å². The van der Waals surface area contributed by atoms with Crippen LogP contribution in [0, 0.1) is 5.92 Å². The Bertz CT molecular complexity index is 1020. The van der Waals surface area contributed by atoms with Gasteiger partial charge in [-0.2, -0.15) is 9.90 Å². The van der Waals surface area contributed by atoms with E-state index in [2.05, 4.69) is 39.8 Å². The molecule has 0 saturated carbocycles. The van der Waals surface area contributed by atoms with Gasteiger partial charge in [0.1, 0.15) is 6.54 Å². The number of ether oxygens (including phenoxy) is 2. The van der Waals surface area contributed by atoms with Crippen molar-refractivity contribution in [3.05, 3.63) is 54.1 Å². The summed E-state index contributed by atoms with van der Waals surface area (Å²) >= 11 is 0. The summed E-state index contributed by atoms with van der Waals surface area (Å²) in [5, 5.41) is 16.1. The molecule has 0 saturated heterocycles. The molecule has 0 aliphatic heterocycles. The van der Waals surface area contributed by atoms with Gasteiger partial charge in [-0.1, -0.05) is 44.2 Å². The van der Waals surface area contributed by atoms with E-state index in [1.807, 2.05) is 42.5 Å². The first-order chi connectivity index (χ1) is 15.0. The van der Waals surface area contributed by atoms with Crippen molar-refractivity contribution in [2.75, 3.05) is 13.7 Å². The van der Waals surface area contributed by atoms with Crippen LogP contribution in [0.15, 0.2) is 53.6 Å². The second-order valence-electron chi connectivity index (χ2n) is 7.24. The van der Waals surface area contributed by atoms with Gasteiger partial charge in [0, 0.05) is 5.56 Å². The molecule has 2 aromatic carbocycles. The van der Waals surface area contributed by atoms with Gasteiger partial charge in [0.2, 0.25) is 5.82 Å². The fraction of sp³-hybridized carbons (Fsp3) is 0.318. The molecule has 0 aliphatic rings. The molecule has 1 amide bonds. The average molecular weight is 422 g/mol. The average Bonchev–Trinajstić information content (AvgIpc) is 3.23. The lowest BCUT2D eigenvalue weighted by Gasteiger charge is -2.12. The number of methoxy groups -OCH3 is 1. The number of carbonyl (C=O) groups is 1. The number of hydrogen-bond acceptors (Lipinski definition) is 7. The quantitative estimate of drug-likeness (QED) is 0.398. The number of carbonyl (C=O) groups excluding carboxylic acids is 1. The highest BCUT2D eigenvalue weighted by Gasteiger charge is 2.09. The van der Waals surface area contributed by atoms with Crippen LogP contribution in [0.1, 0.15) is 25.8 Å². The summed E-state index contributed by atoms with van der Waals surface area (Å²) in [6.45, 7) is 4.83. The monoisotopic (exact) mass is 422 g/mol. The number of aromatic nitrogens is 4. The molecule has 31 heavy (non-hydrogen) atoms. The molecular weight excluding hydrogens is 396 g/mol. The van der Waals surface area contributed by atoms with Crippen molar-refractivity contribution < 1.29 is 14.3 Å². The van der Waals surface area contributed by atoms with Crippen molar-refractivity contribution in [1.29, 1.82) is 0 Å². The molecule has 0 unspecified atom stereocenters. The minimum atomic E-state index is -0.367. The number of nitrogens with one attached hydrogen (secondary N) is 1. The maximum atomic E-state index is 12.1. The topological polar surface area (TPSA) is 104 Å². The first kappa shape index (κ1) is 21.9. The third-order valence-electron chi connectivity index (χ3n) is 4.31. The van der Waals surface area contributed by atoms with Crippen LogP contribution in [0.4, 0.5) is 0 Å². The molecule has 0 bridgehead atoms. The number of amides is 1. The van der Waals surface area contributed by atoms with Gasteiger partial charge in [-0.05, 0) is 41.3 Å². The van der Waals surface area contributed by atoms with Crippen LogP contribution in [0.5, 0.6) is 11.5 Å². The van der Waals surface area contributed by atoms with E-state index >= 15 is 0 Å². The SMILES string of the molecule is COc1cc(C=NNC(=O)Cn2nnc(-c3ccccc3)n2)ccc1OCCC(C)C. The summed E-state index contributed by atoms with van der Waals surface area (Å²) in [5.41, 5.74) is 4.05. The molecule has 0 atom stereocenters. The highest BCUT2D eigenvalue weighted by molar-refractivity contribution is 5.83. The van der Waals surface area contributed by atoms with Crippen LogP contribution < -0.4 is 14.9 Å². The van der Waals surface area contributed by atoms with Crippen molar-refractivity contribution in [3.63, 3.8) is 0 Å². The highest BCUT2D eigenvalue weighted by atomic mass is 16.5. The smallest absolute Gasteiger partial charge is 0.263 e. The van der Waals surface area contributed by atoms with Gasteiger partial charge >= 0.3 is 0 Å². The fourth-order valence-corrected chi connectivity index (χ4v) is 2.64. The Morgan fingerprint density at radius 2 is 2.00 bits per heavy atom. The first-order valence-electron chi connectivity index (χ1n) is 10.0. The van der Waals surface area contributed by atoms with E-state index in [0.29, 0.717) is 29.8 Å². The van der Waals surface area contributed by atoms with Crippen molar-refractivity contribution in [2.24, 2.45) is 11.0 Å². The lowest BCUT2D eigenvalue weighted by molar-refractivity contribution is -0.122. The minimum Gasteiger partial charge on any atom is -0.493 e. The lowest BCUT2D eigenvalue weighted by Crippen LogP contribution is -2.24. The second-order valence-corrected chi connectivity index (χ2v) is 7.24. The Morgan fingerprint density at radius 3 is 2.74 bits per heavy atom. The summed E-state index contributed by atoms with van der Waals surface area (Å²) in [4.78, 5) is 13.3. The Kier molecular flexibility index (Phi) is 7.69. The molecule has 0 spiro atoms. The lowest BCUT2D eigenvalue weighted by atomic mass is 10.1. The maximum absolute atomic E-state index is 12.1. The van der Waals surface area contributed by atoms with Crippen LogP contribution >= 0.6 is 0 Å². The molecule has 0 aliphatic carbocycles. The zero-order valence-corrected chi connectivity index (χ0v) is 17.9. The van der Waals surface area contributed by atoms with Crippen molar-refractivity contribution in [3.8, 4) is 22.9 Å². The van der Waals surface area contributed by atoms with Crippen LogP contribution in [-0.2, 0) is 11.3 Å². The molecule has 1 aromatic heterocycles. The standard InChI is InChI=1S/C22H26N6O3/c1-16(2)11-12-31-19-10-9-17(13-20(19)30-3)14-23-24-21(29)15-28-26-22(25-27-28)18-7-5-4-6-8-18/h4-10,13-14,16H,11-12,15H2,1-3H3,(H,24,29). The van der Waals surface area contributed by atoms with Crippen LogP contribution in [-0.4, -0.2) is 46.0 Å². The van der Waals surface area contributed by atoms with E-state index in [1.165, 1.54) is 11.0 Å². The van der Waals surface area contributed by atoms with E-state index in [4.69, 9.17) is 9.47 Å². The second kappa shape index (κ2) is 10.9. The third kappa shape index (κ3) is 6.63. The first-order valence-corrected chi connectivity index (χ1v) is 10.0. The van der Waals surface area contributed by atoms with Crippen molar-refractivity contribution in [1.82, 2.24) is 25.6 Å². The number of hydrazone groups is 1. The van der Waals surface area contributed by atoms with Crippen LogP contribution in [0.3, 0.4) is 0 Å². The molecule has 0 radical (unpaired) electrons. The Labute approximate surface area is 181 Å². The third-order valence-corrected chi connectivity index (χ3v) is 4.31. The highest BCUT2D eigenvalue weighted by Crippen LogP contribution is 2.27. The Hall–Kier alpha value is -3.75. The van der Waals surface area contributed by atoms with Gasteiger partial charge in [0.05, 0.1) is 19.9 Å². The van der Waals surface area contributed by atoms with Gasteiger partial charge in [-0.15, -0.1) is 10.2 Å². The Balaban J connectivity index is 1.53. The van der Waals surface area contributed by atoms with Crippen LogP contribution in [0.2, 0.25) is 0 Å².